The zero-order valence-electron chi connectivity index (χ0n) is 16.1. The SMILES string of the molecule is Cc1cccc(C(=O)Nc2sc3c(c2C#N)CCN(C(=O)c2cc(C)[nH]n2)C3)c1. The number of benzene rings is 1. The first-order chi connectivity index (χ1) is 14.0. The number of aromatic nitrogens is 2. The normalized spacial score (nSPS) is 12.9. The van der Waals surface area contributed by atoms with Gasteiger partial charge in [0.25, 0.3) is 11.8 Å². The van der Waals surface area contributed by atoms with Gasteiger partial charge >= 0.3 is 0 Å². The highest BCUT2D eigenvalue weighted by Gasteiger charge is 2.29. The fraction of sp³-hybridized carbons (Fsp3) is 0.238. The highest BCUT2D eigenvalue weighted by atomic mass is 32.1. The summed E-state index contributed by atoms with van der Waals surface area (Å²) < 4.78 is 0. The maximum atomic E-state index is 12.7. The summed E-state index contributed by atoms with van der Waals surface area (Å²) in [5, 5.41) is 19.9. The van der Waals surface area contributed by atoms with Crippen molar-refractivity contribution in [2.45, 2.75) is 26.8 Å². The van der Waals surface area contributed by atoms with Gasteiger partial charge < -0.3 is 10.2 Å². The van der Waals surface area contributed by atoms with Gasteiger partial charge in [0.2, 0.25) is 0 Å². The molecule has 0 saturated carbocycles. The molecule has 7 nitrogen and oxygen atoms in total. The number of hydrogen-bond donors (Lipinski definition) is 2. The second kappa shape index (κ2) is 7.53. The molecule has 29 heavy (non-hydrogen) atoms. The lowest BCUT2D eigenvalue weighted by Gasteiger charge is -2.26. The number of hydrogen-bond acceptors (Lipinski definition) is 5. The van der Waals surface area contributed by atoms with Crippen molar-refractivity contribution >= 4 is 28.2 Å². The molecule has 0 radical (unpaired) electrons. The minimum absolute atomic E-state index is 0.141. The molecule has 2 aromatic heterocycles. The van der Waals surface area contributed by atoms with Crippen LogP contribution in [-0.4, -0.2) is 33.5 Å². The van der Waals surface area contributed by atoms with Gasteiger partial charge in [0, 0.05) is 22.7 Å². The number of nitriles is 1. The van der Waals surface area contributed by atoms with Gasteiger partial charge in [0.15, 0.2) is 0 Å². The number of aromatic amines is 1. The highest BCUT2D eigenvalue weighted by molar-refractivity contribution is 7.16. The molecule has 0 unspecified atom stereocenters. The van der Waals surface area contributed by atoms with Gasteiger partial charge in [0.05, 0.1) is 12.1 Å². The third-order valence-corrected chi connectivity index (χ3v) is 6.02. The summed E-state index contributed by atoms with van der Waals surface area (Å²) in [5.41, 5.74) is 4.16. The molecule has 1 aliphatic heterocycles. The Bertz CT molecular complexity index is 1150. The average molecular weight is 405 g/mol. The molecule has 3 aromatic rings. The zero-order chi connectivity index (χ0) is 20.5. The Morgan fingerprint density at radius 2 is 2.14 bits per heavy atom. The van der Waals surface area contributed by atoms with E-state index >= 15 is 0 Å². The lowest BCUT2D eigenvalue weighted by Crippen LogP contribution is -2.35. The Labute approximate surface area is 172 Å². The van der Waals surface area contributed by atoms with Crippen LogP contribution in [0.2, 0.25) is 0 Å². The van der Waals surface area contributed by atoms with Crippen molar-refractivity contribution in [3.05, 3.63) is 68.9 Å². The van der Waals surface area contributed by atoms with Gasteiger partial charge in [0.1, 0.15) is 16.8 Å². The molecule has 0 fully saturated rings. The molecule has 2 amide bonds. The number of nitrogens with one attached hydrogen (secondary N) is 2. The zero-order valence-corrected chi connectivity index (χ0v) is 16.9. The van der Waals surface area contributed by atoms with E-state index in [2.05, 4.69) is 21.6 Å². The van der Waals surface area contributed by atoms with Crippen molar-refractivity contribution in [1.29, 1.82) is 5.26 Å². The van der Waals surface area contributed by atoms with Crippen LogP contribution in [0.3, 0.4) is 0 Å². The Hall–Kier alpha value is -3.44. The van der Waals surface area contributed by atoms with Gasteiger partial charge in [-0.2, -0.15) is 10.4 Å². The third kappa shape index (κ3) is 3.65. The van der Waals surface area contributed by atoms with Crippen LogP contribution in [0.15, 0.2) is 30.3 Å². The topological polar surface area (TPSA) is 102 Å². The van der Waals surface area contributed by atoms with Crippen LogP contribution in [0.1, 0.15) is 48.1 Å². The maximum Gasteiger partial charge on any atom is 0.274 e. The smallest absolute Gasteiger partial charge is 0.274 e. The van der Waals surface area contributed by atoms with Gasteiger partial charge in [-0.25, -0.2) is 0 Å². The van der Waals surface area contributed by atoms with Gasteiger partial charge in [-0.1, -0.05) is 17.7 Å². The predicted octanol–water partition coefficient (Wildman–Crippen LogP) is 3.41. The van der Waals surface area contributed by atoms with Gasteiger partial charge in [-0.15, -0.1) is 11.3 Å². The molecule has 2 N–H and O–H groups in total. The standard InChI is InChI=1S/C21H19N5O2S/c1-12-4-3-5-14(8-12)19(27)23-20-16(10-22)15-6-7-26(11-18(15)29-20)21(28)17-9-13(2)24-25-17/h3-5,8-9H,6-7,11H2,1-2H3,(H,23,27)(H,24,25). The number of nitrogens with zero attached hydrogens (tertiary/aromatic N) is 3. The third-order valence-electron chi connectivity index (χ3n) is 4.89. The van der Waals surface area contributed by atoms with Crippen molar-refractivity contribution in [2.75, 3.05) is 11.9 Å². The Morgan fingerprint density at radius 3 is 2.83 bits per heavy atom. The van der Waals surface area contributed by atoms with Crippen LogP contribution < -0.4 is 5.32 Å². The molecule has 1 aromatic carbocycles. The minimum atomic E-state index is -0.247. The number of H-pyrrole nitrogens is 1. The summed E-state index contributed by atoms with van der Waals surface area (Å²) in [6.45, 7) is 4.68. The lowest BCUT2D eigenvalue weighted by atomic mass is 10.0. The van der Waals surface area contributed by atoms with Gasteiger partial charge in [-0.3, -0.25) is 14.7 Å². The van der Waals surface area contributed by atoms with E-state index in [9.17, 15) is 14.9 Å². The van der Waals surface area contributed by atoms with Crippen molar-refractivity contribution in [3.8, 4) is 6.07 Å². The van der Waals surface area contributed by atoms with E-state index in [-0.39, 0.29) is 11.8 Å². The second-order valence-electron chi connectivity index (χ2n) is 7.06. The Balaban J connectivity index is 1.57. The summed E-state index contributed by atoms with van der Waals surface area (Å²) in [4.78, 5) is 28.0. The molecular formula is C21H19N5O2S. The molecule has 0 aliphatic carbocycles. The Kier molecular flexibility index (Phi) is 4.91. The fourth-order valence-corrected chi connectivity index (χ4v) is 4.64. The van der Waals surface area contributed by atoms with E-state index in [1.807, 2.05) is 26.0 Å². The van der Waals surface area contributed by atoms with Crippen LogP contribution >= 0.6 is 11.3 Å². The predicted molar refractivity (Wildman–Crippen MR) is 110 cm³/mol. The van der Waals surface area contributed by atoms with Gasteiger partial charge in [-0.05, 0) is 44.0 Å². The van der Waals surface area contributed by atoms with Crippen molar-refractivity contribution < 1.29 is 9.59 Å². The molecule has 0 saturated heterocycles. The first-order valence-corrected chi connectivity index (χ1v) is 10.0. The quantitative estimate of drug-likeness (QED) is 0.697. The van der Waals surface area contributed by atoms with Crippen LogP contribution in [0.25, 0.3) is 0 Å². The number of amides is 2. The number of rotatable bonds is 3. The highest BCUT2D eigenvalue weighted by Crippen LogP contribution is 2.37. The van der Waals surface area contributed by atoms with E-state index < -0.39 is 0 Å². The maximum absolute atomic E-state index is 12.7. The van der Waals surface area contributed by atoms with E-state index in [0.717, 1.165) is 21.7 Å². The summed E-state index contributed by atoms with van der Waals surface area (Å²) in [7, 11) is 0. The molecular weight excluding hydrogens is 386 g/mol. The molecule has 8 heteroatoms. The lowest BCUT2D eigenvalue weighted by molar-refractivity contribution is 0.0731. The van der Waals surface area contributed by atoms with Crippen molar-refractivity contribution in [1.82, 2.24) is 15.1 Å². The minimum Gasteiger partial charge on any atom is -0.332 e. The second-order valence-corrected chi connectivity index (χ2v) is 8.16. The van der Waals surface area contributed by atoms with E-state index in [0.29, 0.717) is 41.3 Å². The molecule has 4 rings (SSSR count). The van der Waals surface area contributed by atoms with Crippen LogP contribution in [0.4, 0.5) is 5.00 Å². The average Bonchev–Trinajstić information content (AvgIpc) is 3.29. The van der Waals surface area contributed by atoms with Crippen LogP contribution in [-0.2, 0) is 13.0 Å². The number of aryl methyl sites for hydroxylation is 2. The van der Waals surface area contributed by atoms with E-state index in [4.69, 9.17) is 0 Å². The molecule has 3 heterocycles. The number of thiophene rings is 1. The number of anilines is 1. The van der Waals surface area contributed by atoms with Crippen molar-refractivity contribution in [2.24, 2.45) is 0 Å². The summed E-state index contributed by atoms with van der Waals surface area (Å²) in [6.07, 6.45) is 0.574. The number of carbonyl (C=O) groups is 2. The fourth-order valence-electron chi connectivity index (χ4n) is 3.43. The molecule has 0 bridgehead atoms. The van der Waals surface area contributed by atoms with Crippen LogP contribution in [0.5, 0.6) is 0 Å². The first-order valence-electron chi connectivity index (χ1n) is 9.20. The summed E-state index contributed by atoms with van der Waals surface area (Å²) in [6, 6.07) is 11.3. The summed E-state index contributed by atoms with van der Waals surface area (Å²) in [5.74, 6) is -0.388. The van der Waals surface area contributed by atoms with E-state index in [1.165, 1.54) is 11.3 Å². The molecule has 146 valence electrons. The molecule has 0 spiro atoms. The monoisotopic (exact) mass is 405 g/mol. The molecule has 1 aliphatic rings. The largest absolute Gasteiger partial charge is 0.332 e. The number of fused-ring (bicyclic) bond motifs is 1. The first kappa shape index (κ1) is 18.9. The van der Waals surface area contributed by atoms with Crippen molar-refractivity contribution in [3.63, 3.8) is 0 Å². The number of carbonyl (C=O) groups excluding carboxylic acids is 2. The Morgan fingerprint density at radius 1 is 1.31 bits per heavy atom. The van der Waals surface area contributed by atoms with Crippen LogP contribution in [0, 0.1) is 25.2 Å². The van der Waals surface area contributed by atoms with E-state index in [1.54, 1.807) is 23.1 Å². The molecule has 0 atom stereocenters. The summed E-state index contributed by atoms with van der Waals surface area (Å²) >= 11 is 1.36.